The van der Waals surface area contributed by atoms with Crippen molar-refractivity contribution in [1.82, 2.24) is 5.32 Å². The molecule has 2 N–H and O–H groups in total. The van der Waals surface area contributed by atoms with E-state index in [2.05, 4.69) is 46.1 Å². The third-order valence-electron chi connectivity index (χ3n) is 4.99. The van der Waals surface area contributed by atoms with Crippen molar-refractivity contribution in [1.29, 1.82) is 0 Å². The van der Waals surface area contributed by atoms with Gasteiger partial charge in [0.25, 0.3) is 0 Å². The number of rotatable bonds is 5. The van der Waals surface area contributed by atoms with Crippen LogP contribution in [0, 0.1) is 5.92 Å². The first-order valence-corrected chi connectivity index (χ1v) is 11.1. The smallest absolute Gasteiger partial charge is 0.216 e. The zero-order valence-electron chi connectivity index (χ0n) is 15.1. The molecule has 0 radical (unpaired) electrons. The predicted molar refractivity (Wildman–Crippen MR) is 90.3 cm³/mol. The molecule has 1 saturated heterocycles. The average molecular weight is 332 g/mol. The van der Waals surface area contributed by atoms with Gasteiger partial charge in [-0.1, -0.05) is 27.7 Å². The van der Waals surface area contributed by atoms with Crippen LogP contribution >= 0.6 is 0 Å². The minimum atomic E-state index is -1.91. The van der Waals surface area contributed by atoms with Gasteiger partial charge in [-0.2, -0.15) is 0 Å². The summed E-state index contributed by atoms with van der Waals surface area (Å²) in [6.07, 6.45) is 0.428. The summed E-state index contributed by atoms with van der Waals surface area (Å²) in [5.74, 6) is 0.169. The quantitative estimate of drug-likeness (QED) is 0.759. The number of aliphatic hydroxyl groups is 1. The molecule has 1 aliphatic rings. The number of ether oxygens (including phenoxy) is 1. The molecule has 4 atom stereocenters. The van der Waals surface area contributed by atoms with Gasteiger partial charge in [0.2, 0.25) is 5.91 Å². The average Bonchev–Trinajstić information content (AvgIpc) is 2.35. The summed E-state index contributed by atoms with van der Waals surface area (Å²) in [7, 11) is -1.91. The van der Waals surface area contributed by atoms with Crippen LogP contribution in [0.3, 0.4) is 0 Å². The molecule has 0 aliphatic carbocycles. The summed E-state index contributed by atoms with van der Waals surface area (Å²) in [6, 6.07) is 0. The van der Waals surface area contributed by atoms with Crippen LogP contribution in [0.1, 0.15) is 41.0 Å². The Balaban J connectivity index is 2.84. The van der Waals surface area contributed by atoms with E-state index in [9.17, 15) is 9.90 Å². The lowest BCUT2D eigenvalue weighted by Gasteiger charge is -2.46. The van der Waals surface area contributed by atoms with Gasteiger partial charge in [-0.15, -0.1) is 0 Å². The van der Waals surface area contributed by atoms with Gasteiger partial charge in [0.15, 0.2) is 8.32 Å². The second kappa shape index (κ2) is 7.42. The molecule has 0 saturated carbocycles. The first-order valence-electron chi connectivity index (χ1n) is 8.16. The third kappa shape index (κ3) is 5.04. The fourth-order valence-electron chi connectivity index (χ4n) is 2.44. The van der Waals surface area contributed by atoms with Gasteiger partial charge in [-0.25, -0.2) is 0 Å². The summed E-state index contributed by atoms with van der Waals surface area (Å²) in [5, 5.41) is 12.4. The molecular weight excluding hydrogens is 298 g/mol. The van der Waals surface area contributed by atoms with Crippen LogP contribution < -0.4 is 5.32 Å². The Morgan fingerprint density at radius 3 is 2.41 bits per heavy atom. The number of hydrogen-bond donors (Lipinski definition) is 2. The van der Waals surface area contributed by atoms with E-state index < -0.39 is 8.32 Å². The highest BCUT2D eigenvalue weighted by molar-refractivity contribution is 6.74. The molecule has 130 valence electrons. The molecule has 1 rings (SSSR count). The molecule has 1 heterocycles. The summed E-state index contributed by atoms with van der Waals surface area (Å²) in [4.78, 5) is 11.2. The number of hydrogen-bond acceptors (Lipinski definition) is 4. The normalized spacial score (nSPS) is 30.2. The molecule has 0 spiro atoms. The number of amides is 1. The first-order chi connectivity index (χ1) is 9.98. The van der Waals surface area contributed by atoms with Gasteiger partial charge in [-0.3, -0.25) is 4.79 Å². The van der Waals surface area contributed by atoms with Gasteiger partial charge >= 0.3 is 0 Å². The summed E-state index contributed by atoms with van der Waals surface area (Å²) < 4.78 is 12.5. The number of carbonyl (C=O) groups is 1. The maximum atomic E-state index is 11.2. The molecular formula is C16H33NO4Si. The van der Waals surface area contributed by atoms with Crippen molar-refractivity contribution in [3.05, 3.63) is 0 Å². The zero-order valence-corrected chi connectivity index (χ0v) is 16.1. The van der Waals surface area contributed by atoms with Crippen molar-refractivity contribution >= 4 is 14.2 Å². The molecule has 1 aliphatic heterocycles. The fourth-order valence-corrected chi connectivity index (χ4v) is 3.80. The maximum Gasteiger partial charge on any atom is 0.216 e. The second-order valence-electron chi connectivity index (χ2n) is 7.96. The molecule has 1 fully saturated rings. The molecule has 0 bridgehead atoms. The van der Waals surface area contributed by atoms with Gasteiger partial charge in [-0.05, 0) is 30.5 Å². The van der Waals surface area contributed by atoms with Crippen LogP contribution in [0.5, 0.6) is 0 Å². The van der Waals surface area contributed by atoms with Gasteiger partial charge < -0.3 is 19.6 Å². The summed E-state index contributed by atoms with van der Waals surface area (Å²) >= 11 is 0. The van der Waals surface area contributed by atoms with E-state index in [-0.39, 0.29) is 41.8 Å². The van der Waals surface area contributed by atoms with Gasteiger partial charge in [0.05, 0.1) is 18.8 Å². The monoisotopic (exact) mass is 331 g/mol. The Morgan fingerprint density at radius 2 is 1.95 bits per heavy atom. The molecule has 1 amide bonds. The Morgan fingerprint density at radius 1 is 1.36 bits per heavy atom. The van der Waals surface area contributed by atoms with E-state index in [1.807, 2.05) is 0 Å². The van der Waals surface area contributed by atoms with Crippen molar-refractivity contribution in [3.63, 3.8) is 0 Å². The topological polar surface area (TPSA) is 67.8 Å². The Kier molecular flexibility index (Phi) is 6.62. The highest BCUT2D eigenvalue weighted by Gasteiger charge is 2.44. The van der Waals surface area contributed by atoms with Crippen LogP contribution in [0.4, 0.5) is 0 Å². The van der Waals surface area contributed by atoms with Crippen LogP contribution in [-0.2, 0) is 14.0 Å². The van der Waals surface area contributed by atoms with Crippen LogP contribution in [0.2, 0.25) is 18.1 Å². The van der Waals surface area contributed by atoms with Crippen molar-refractivity contribution in [2.24, 2.45) is 5.92 Å². The third-order valence-corrected chi connectivity index (χ3v) is 9.49. The van der Waals surface area contributed by atoms with E-state index in [4.69, 9.17) is 9.16 Å². The molecule has 0 unspecified atom stereocenters. The van der Waals surface area contributed by atoms with Crippen molar-refractivity contribution in [2.45, 2.75) is 77.5 Å². The minimum absolute atomic E-state index is 0.00451. The van der Waals surface area contributed by atoms with E-state index in [0.29, 0.717) is 6.54 Å². The predicted octanol–water partition coefficient (Wildman–Crippen LogP) is 2.30. The summed E-state index contributed by atoms with van der Waals surface area (Å²) in [5.41, 5.74) is 0. The van der Waals surface area contributed by atoms with Gasteiger partial charge in [0.1, 0.15) is 6.10 Å². The lowest BCUT2D eigenvalue weighted by atomic mass is 9.91. The van der Waals surface area contributed by atoms with Crippen molar-refractivity contribution in [2.75, 3.05) is 13.2 Å². The SMILES string of the molecule is CC(=O)NC[C@@H]1O[C@H](CO)[C@H](C)C[C@@H]1O[Si](C)(C)C(C)(C)C. The maximum absolute atomic E-state index is 11.2. The summed E-state index contributed by atoms with van der Waals surface area (Å²) in [6.45, 7) is 15.1. The van der Waals surface area contributed by atoms with Crippen LogP contribution in [-0.4, -0.2) is 50.8 Å². The van der Waals surface area contributed by atoms with Crippen LogP contribution in [0.25, 0.3) is 0 Å². The lowest BCUT2D eigenvalue weighted by Crippen LogP contribution is -2.55. The van der Waals surface area contributed by atoms with Crippen LogP contribution in [0.15, 0.2) is 0 Å². The highest BCUT2D eigenvalue weighted by Crippen LogP contribution is 2.39. The van der Waals surface area contributed by atoms with E-state index in [1.54, 1.807) is 0 Å². The first kappa shape index (κ1) is 19.6. The second-order valence-corrected chi connectivity index (χ2v) is 12.7. The van der Waals surface area contributed by atoms with Crippen molar-refractivity contribution < 1.29 is 19.1 Å². The van der Waals surface area contributed by atoms with E-state index in [1.165, 1.54) is 6.92 Å². The molecule has 0 aromatic heterocycles. The molecule has 0 aromatic carbocycles. The zero-order chi connectivity index (χ0) is 17.1. The highest BCUT2D eigenvalue weighted by atomic mass is 28.4. The van der Waals surface area contributed by atoms with Gasteiger partial charge in [0, 0.05) is 13.5 Å². The fraction of sp³-hybridized carbons (Fsp3) is 0.938. The molecule has 6 heteroatoms. The Labute approximate surface area is 135 Å². The lowest BCUT2D eigenvalue weighted by molar-refractivity contribution is -0.149. The minimum Gasteiger partial charge on any atom is -0.411 e. The van der Waals surface area contributed by atoms with E-state index >= 15 is 0 Å². The number of nitrogens with one attached hydrogen (secondary N) is 1. The molecule has 5 nitrogen and oxygen atoms in total. The Hall–Kier alpha value is -0.433. The molecule has 22 heavy (non-hydrogen) atoms. The Bertz CT molecular complexity index is 381. The number of carbonyl (C=O) groups excluding carboxylic acids is 1. The van der Waals surface area contributed by atoms with E-state index in [0.717, 1.165) is 6.42 Å². The van der Waals surface area contributed by atoms with Crippen molar-refractivity contribution in [3.8, 4) is 0 Å². The molecule has 0 aromatic rings. The standard InChI is InChI=1S/C16H33NO4Si/c1-11-8-13(21-22(6,7)16(3,4)5)14(9-17-12(2)19)20-15(11)10-18/h11,13-15,18H,8-10H2,1-7H3,(H,17,19)/t11-,13+,14+,15-/m1/s1. The number of aliphatic hydroxyl groups excluding tert-OH is 1. The largest absolute Gasteiger partial charge is 0.411 e.